The number of nitrogens with zero attached hydrogens (tertiary/aromatic N) is 3. The number of hydrogen-bond donors (Lipinski definition) is 0. The molecule has 0 aliphatic rings. The smallest absolute Gasteiger partial charge is 0.216 e. The van der Waals surface area contributed by atoms with E-state index in [-0.39, 0.29) is 25.8 Å². The van der Waals surface area contributed by atoms with Crippen molar-refractivity contribution >= 4 is 22.1 Å². The van der Waals surface area contributed by atoms with E-state index in [0.717, 1.165) is 58.1 Å². The van der Waals surface area contributed by atoms with Gasteiger partial charge in [0.25, 0.3) is 0 Å². The molecule has 245 valence electrons. The average Bonchev–Trinajstić information content (AvgIpc) is 3.49. The topological polar surface area (TPSA) is 51.8 Å². The van der Waals surface area contributed by atoms with Gasteiger partial charge in [-0.1, -0.05) is 73.7 Å². The number of aryl methyl sites for hydroxylation is 4. The van der Waals surface area contributed by atoms with Gasteiger partial charge in [-0.25, -0.2) is 4.98 Å². The Balaban J connectivity index is 0.000000264. The number of hydrogen-bond acceptors (Lipinski definition) is 4. The molecule has 0 spiro atoms. The van der Waals surface area contributed by atoms with Crippen molar-refractivity contribution in [3.63, 3.8) is 0 Å². The fourth-order valence-corrected chi connectivity index (χ4v) is 5.87. The summed E-state index contributed by atoms with van der Waals surface area (Å²) in [6.07, 6.45) is 6.83. The summed E-state index contributed by atoms with van der Waals surface area (Å²) >= 11 is 0. The van der Waals surface area contributed by atoms with Crippen LogP contribution in [0.25, 0.3) is 44.6 Å². The van der Waals surface area contributed by atoms with Crippen molar-refractivity contribution in [2.45, 2.75) is 66.7 Å². The van der Waals surface area contributed by atoms with E-state index in [4.69, 9.17) is 8.53 Å². The Bertz CT molecular complexity index is 2240. The van der Waals surface area contributed by atoms with Gasteiger partial charge in [-0.2, -0.15) is 0 Å². The predicted molar refractivity (Wildman–Crippen MR) is 194 cm³/mol. The van der Waals surface area contributed by atoms with Crippen LogP contribution in [0.15, 0.2) is 102 Å². The second-order valence-electron chi connectivity index (χ2n) is 12.2. The van der Waals surface area contributed by atoms with Crippen LogP contribution in [0.1, 0.15) is 75.8 Å². The van der Waals surface area contributed by atoms with Crippen LogP contribution in [-0.4, -0.2) is 15.0 Å². The summed E-state index contributed by atoms with van der Waals surface area (Å²) in [5.41, 5.74) is 12.0. The Morgan fingerprint density at radius 3 is 2.31 bits per heavy atom. The first-order valence-corrected chi connectivity index (χ1v) is 16.2. The third-order valence-corrected chi connectivity index (χ3v) is 8.84. The Morgan fingerprint density at radius 1 is 0.792 bits per heavy atom. The van der Waals surface area contributed by atoms with Gasteiger partial charge >= 0.3 is 0 Å². The minimum absolute atomic E-state index is 0. The summed E-state index contributed by atoms with van der Waals surface area (Å²) in [4.78, 5) is 13.3. The SMILES string of the molecule is Cc1c[c-]c(-c2cc(C)c(C)cn2)cc1.[2H]C([2H])([2H])c1ccc2c(n1)oc1c(-c3cc(Cc4ccc(C(CC)CC)cc4)ccn3)[c-]ccc12.[Ir]. The Labute approximate surface area is 302 Å². The van der Waals surface area contributed by atoms with E-state index in [0.29, 0.717) is 17.2 Å². The summed E-state index contributed by atoms with van der Waals surface area (Å²) in [6, 6.07) is 34.8. The standard InChI is InChI=1S/C29H27N2O.C14H14N.Ir/c1-4-22(5-2)23-12-10-20(11-13-23)17-21-15-16-30-27(18-21)26-8-6-7-24-25-14-9-19(3)31-29(25)32-28(24)26;1-10-4-6-13(7-5-10)14-8-11(2)12(3)9-15-14;/h6-7,9-16,18,22H,4-5,17H2,1-3H3;4-6,8-9H,1-3H3;/q2*-1;/i3D3;;. The predicted octanol–water partition coefficient (Wildman–Crippen LogP) is 11.1. The van der Waals surface area contributed by atoms with Gasteiger partial charge in [-0.3, -0.25) is 0 Å². The molecular weight excluding hydrogens is 767 g/mol. The van der Waals surface area contributed by atoms with Gasteiger partial charge in [0, 0.05) is 47.7 Å². The second kappa shape index (κ2) is 15.6. The molecule has 0 unspecified atom stereocenters. The summed E-state index contributed by atoms with van der Waals surface area (Å²) < 4.78 is 29.0. The molecule has 0 aliphatic heterocycles. The third-order valence-electron chi connectivity index (χ3n) is 8.84. The minimum atomic E-state index is -2.29. The first-order valence-electron chi connectivity index (χ1n) is 17.7. The van der Waals surface area contributed by atoms with Crippen LogP contribution in [0.5, 0.6) is 0 Å². The monoisotopic (exact) mass is 811 g/mol. The van der Waals surface area contributed by atoms with Crippen LogP contribution in [0.3, 0.4) is 0 Å². The molecule has 48 heavy (non-hydrogen) atoms. The molecule has 4 nitrogen and oxygen atoms in total. The van der Waals surface area contributed by atoms with E-state index in [1.807, 2.05) is 36.7 Å². The summed E-state index contributed by atoms with van der Waals surface area (Å²) in [7, 11) is 0. The zero-order valence-corrected chi connectivity index (χ0v) is 30.4. The van der Waals surface area contributed by atoms with Crippen molar-refractivity contribution in [1.82, 2.24) is 15.0 Å². The Kier molecular flexibility index (Phi) is 10.1. The molecule has 4 heterocycles. The van der Waals surface area contributed by atoms with Gasteiger partial charge in [0.15, 0.2) is 0 Å². The van der Waals surface area contributed by atoms with E-state index in [2.05, 4.69) is 110 Å². The van der Waals surface area contributed by atoms with E-state index in [1.54, 1.807) is 6.07 Å². The molecule has 4 aromatic heterocycles. The molecule has 1 radical (unpaired) electrons. The van der Waals surface area contributed by atoms with Crippen LogP contribution in [0.4, 0.5) is 0 Å². The number of aromatic nitrogens is 3. The van der Waals surface area contributed by atoms with Crippen molar-refractivity contribution < 1.29 is 28.6 Å². The molecule has 3 aromatic carbocycles. The van der Waals surface area contributed by atoms with Gasteiger partial charge < -0.3 is 14.4 Å². The largest absolute Gasteiger partial charge is 0.486 e. The van der Waals surface area contributed by atoms with Gasteiger partial charge in [0.1, 0.15) is 0 Å². The van der Waals surface area contributed by atoms with Crippen LogP contribution in [0.2, 0.25) is 0 Å². The number of benzene rings is 3. The Hall–Kier alpha value is -4.44. The van der Waals surface area contributed by atoms with Gasteiger partial charge in [0.05, 0.1) is 5.58 Å². The molecule has 0 atom stereocenters. The normalized spacial score (nSPS) is 12.2. The first kappa shape index (κ1) is 30.9. The molecule has 0 aliphatic carbocycles. The molecule has 5 heteroatoms. The van der Waals surface area contributed by atoms with E-state index in [1.165, 1.54) is 33.9 Å². The van der Waals surface area contributed by atoms with E-state index < -0.39 is 6.85 Å². The molecule has 0 fully saturated rings. The molecule has 7 rings (SSSR count). The quantitative estimate of drug-likeness (QED) is 0.151. The molecule has 0 saturated heterocycles. The van der Waals surface area contributed by atoms with Crippen LogP contribution >= 0.6 is 0 Å². The van der Waals surface area contributed by atoms with Gasteiger partial charge in [-0.05, 0) is 97.7 Å². The van der Waals surface area contributed by atoms with Crippen LogP contribution < -0.4 is 0 Å². The van der Waals surface area contributed by atoms with Crippen LogP contribution in [0, 0.1) is 39.8 Å². The van der Waals surface area contributed by atoms with Gasteiger partial charge in [-0.15, -0.1) is 53.6 Å². The van der Waals surface area contributed by atoms with E-state index >= 15 is 0 Å². The Morgan fingerprint density at radius 2 is 1.60 bits per heavy atom. The van der Waals surface area contributed by atoms with Crippen molar-refractivity contribution in [1.29, 1.82) is 0 Å². The van der Waals surface area contributed by atoms with Crippen molar-refractivity contribution in [2.75, 3.05) is 0 Å². The fraction of sp³-hybridized carbons (Fsp3) is 0.233. The number of rotatable bonds is 7. The maximum absolute atomic E-state index is 7.64. The average molecular weight is 811 g/mol. The third kappa shape index (κ3) is 7.81. The number of pyridine rings is 3. The van der Waals surface area contributed by atoms with Crippen LogP contribution in [-0.2, 0) is 26.5 Å². The molecule has 0 amide bonds. The van der Waals surface area contributed by atoms with Crippen molar-refractivity contribution in [3.8, 4) is 22.5 Å². The zero-order chi connectivity index (χ0) is 35.4. The first-order chi connectivity index (χ1) is 24.0. The molecular formula is C43H41IrN3O-2. The van der Waals surface area contributed by atoms with Gasteiger partial charge in [0.2, 0.25) is 5.71 Å². The molecule has 7 aromatic rings. The summed E-state index contributed by atoms with van der Waals surface area (Å²) in [6.45, 7) is 8.43. The maximum atomic E-state index is 7.64. The van der Waals surface area contributed by atoms with Crippen molar-refractivity contribution in [3.05, 3.63) is 149 Å². The van der Waals surface area contributed by atoms with Crippen molar-refractivity contribution in [2.24, 2.45) is 0 Å². The second-order valence-corrected chi connectivity index (χ2v) is 12.2. The number of furan rings is 1. The zero-order valence-electron chi connectivity index (χ0n) is 31.0. The maximum Gasteiger partial charge on any atom is 0.216 e. The molecule has 0 saturated carbocycles. The molecule has 0 N–H and O–H groups in total. The minimum Gasteiger partial charge on any atom is -0.486 e. The van der Waals surface area contributed by atoms with E-state index in [9.17, 15) is 0 Å². The fourth-order valence-electron chi connectivity index (χ4n) is 5.87. The molecule has 0 bridgehead atoms. The summed E-state index contributed by atoms with van der Waals surface area (Å²) in [5.74, 6) is 0.613. The number of fused-ring (bicyclic) bond motifs is 3. The summed E-state index contributed by atoms with van der Waals surface area (Å²) in [5, 5.41) is 1.64.